The summed E-state index contributed by atoms with van der Waals surface area (Å²) in [6.07, 6.45) is 1.12. The van der Waals surface area contributed by atoms with Crippen molar-refractivity contribution in [3.8, 4) is 0 Å². The maximum absolute atomic E-state index is 5.44. The number of quaternary nitrogens is 1. The van der Waals surface area contributed by atoms with Crippen LogP contribution in [0.5, 0.6) is 0 Å². The van der Waals surface area contributed by atoms with Gasteiger partial charge in [0.05, 0.1) is 19.8 Å². The molecule has 0 unspecified atom stereocenters. The van der Waals surface area contributed by atoms with Gasteiger partial charge in [0.15, 0.2) is 5.11 Å². The molecule has 1 aromatic carbocycles. The van der Waals surface area contributed by atoms with Crippen molar-refractivity contribution in [2.75, 3.05) is 44.7 Å². The number of benzene rings is 1. The van der Waals surface area contributed by atoms with Crippen molar-refractivity contribution < 1.29 is 9.64 Å². The second-order valence-corrected chi connectivity index (χ2v) is 7.55. The predicted molar refractivity (Wildman–Crippen MR) is 100 cm³/mol. The number of ether oxygens (including phenoxy) is 1. The Morgan fingerprint density at radius 1 is 1.22 bits per heavy atom. The van der Waals surface area contributed by atoms with E-state index in [0.29, 0.717) is 5.11 Å². The van der Waals surface area contributed by atoms with E-state index in [1.54, 1.807) is 4.90 Å². The van der Waals surface area contributed by atoms with Gasteiger partial charge in [0, 0.05) is 18.7 Å². The molecule has 1 heterocycles. The summed E-state index contributed by atoms with van der Waals surface area (Å²) < 4.78 is 5.38. The molecule has 0 aromatic heterocycles. The number of hydrogen-bond donors (Lipinski definition) is 3. The van der Waals surface area contributed by atoms with E-state index >= 15 is 0 Å². The predicted octanol–water partition coefficient (Wildman–Crippen LogP) is 1.58. The molecule has 1 saturated heterocycles. The molecule has 0 atom stereocenters. The maximum atomic E-state index is 5.44. The van der Waals surface area contributed by atoms with Crippen LogP contribution in [0.2, 0.25) is 0 Å². The quantitative estimate of drug-likeness (QED) is 0.564. The summed E-state index contributed by atoms with van der Waals surface area (Å²) in [5.74, 6) is 0. The second-order valence-electron chi connectivity index (χ2n) is 7.14. The lowest BCUT2D eigenvalue weighted by Gasteiger charge is -2.24. The molecular weight excluding hydrogens is 306 g/mol. The number of rotatable bonds is 5. The van der Waals surface area contributed by atoms with Crippen molar-refractivity contribution in [2.24, 2.45) is 0 Å². The lowest BCUT2D eigenvalue weighted by Crippen LogP contribution is -3.14. The molecule has 1 aromatic rings. The molecule has 5 heteroatoms. The minimum atomic E-state index is 0.0961. The van der Waals surface area contributed by atoms with Crippen molar-refractivity contribution in [1.82, 2.24) is 5.32 Å². The van der Waals surface area contributed by atoms with Gasteiger partial charge in [-0.2, -0.15) is 0 Å². The molecule has 0 amide bonds. The number of anilines is 1. The molecule has 2 rings (SSSR count). The highest BCUT2D eigenvalue weighted by Crippen LogP contribution is 2.29. The van der Waals surface area contributed by atoms with Gasteiger partial charge in [-0.3, -0.25) is 0 Å². The van der Waals surface area contributed by atoms with Gasteiger partial charge in [-0.15, -0.1) is 0 Å². The first-order chi connectivity index (χ1) is 11.0. The van der Waals surface area contributed by atoms with Gasteiger partial charge < -0.3 is 20.3 Å². The summed E-state index contributed by atoms with van der Waals surface area (Å²) in [5, 5.41) is 7.38. The number of para-hydroxylation sites is 1. The van der Waals surface area contributed by atoms with Crippen LogP contribution in [0.15, 0.2) is 24.3 Å². The molecule has 1 aliphatic rings. The highest BCUT2D eigenvalue weighted by Gasteiger charge is 2.18. The summed E-state index contributed by atoms with van der Waals surface area (Å²) >= 11 is 5.44. The third kappa shape index (κ3) is 6.09. The molecule has 1 fully saturated rings. The molecule has 0 saturated carbocycles. The van der Waals surface area contributed by atoms with Gasteiger partial charge in [-0.25, -0.2) is 0 Å². The number of hydrogen-bond acceptors (Lipinski definition) is 2. The Kier molecular flexibility index (Phi) is 6.81. The molecular formula is C18H30N3OS+. The van der Waals surface area contributed by atoms with Crippen molar-refractivity contribution in [3.05, 3.63) is 29.8 Å². The Morgan fingerprint density at radius 3 is 2.61 bits per heavy atom. The van der Waals surface area contributed by atoms with Crippen LogP contribution in [0.4, 0.5) is 5.69 Å². The van der Waals surface area contributed by atoms with Gasteiger partial charge in [0.1, 0.15) is 13.1 Å². The first-order valence-corrected chi connectivity index (χ1v) is 8.93. The summed E-state index contributed by atoms with van der Waals surface area (Å²) in [5.41, 5.74) is 2.47. The number of nitrogens with one attached hydrogen (secondary N) is 3. The number of morpholine rings is 1. The van der Waals surface area contributed by atoms with E-state index in [1.807, 2.05) is 6.07 Å². The van der Waals surface area contributed by atoms with Crippen molar-refractivity contribution in [2.45, 2.75) is 32.6 Å². The largest absolute Gasteiger partial charge is 0.370 e. The smallest absolute Gasteiger partial charge is 0.170 e. The average molecular weight is 337 g/mol. The normalized spacial score (nSPS) is 16.1. The summed E-state index contributed by atoms with van der Waals surface area (Å²) in [6, 6.07) is 8.37. The zero-order valence-electron chi connectivity index (χ0n) is 14.6. The van der Waals surface area contributed by atoms with Gasteiger partial charge in [-0.05, 0) is 29.3 Å². The molecule has 0 bridgehead atoms. The standard InChI is InChI=1S/C18H29N3OS/c1-18(2,3)15-7-4-5-8-16(15)20-17(23)19-9-6-10-21-11-13-22-14-12-21/h4-5,7-8H,6,9-14H2,1-3H3,(H2,19,20,23)/p+1. The third-order valence-electron chi connectivity index (χ3n) is 4.18. The summed E-state index contributed by atoms with van der Waals surface area (Å²) in [4.78, 5) is 1.63. The van der Waals surface area contributed by atoms with Gasteiger partial charge >= 0.3 is 0 Å². The van der Waals surface area contributed by atoms with Crippen molar-refractivity contribution in [1.29, 1.82) is 0 Å². The fourth-order valence-corrected chi connectivity index (χ4v) is 3.08. The SMILES string of the molecule is CC(C)(C)c1ccccc1NC(=S)NCCC[NH+]1CCOCC1. The Morgan fingerprint density at radius 2 is 1.91 bits per heavy atom. The minimum absolute atomic E-state index is 0.0961. The topological polar surface area (TPSA) is 37.7 Å². The summed E-state index contributed by atoms with van der Waals surface area (Å²) in [7, 11) is 0. The first-order valence-electron chi connectivity index (χ1n) is 8.52. The van der Waals surface area contributed by atoms with E-state index < -0.39 is 0 Å². The Labute approximate surface area is 145 Å². The van der Waals surface area contributed by atoms with Crippen LogP contribution in [0.3, 0.4) is 0 Å². The zero-order chi connectivity index (χ0) is 16.7. The Hall–Kier alpha value is -1.17. The van der Waals surface area contributed by atoms with E-state index in [-0.39, 0.29) is 5.41 Å². The first kappa shape index (κ1) is 18.2. The van der Waals surface area contributed by atoms with Crippen LogP contribution in [0.1, 0.15) is 32.8 Å². The highest BCUT2D eigenvalue weighted by atomic mass is 32.1. The molecule has 23 heavy (non-hydrogen) atoms. The van der Waals surface area contributed by atoms with Crippen LogP contribution in [-0.4, -0.2) is 44.5 Å². The molecule has 0 aliphatic carbocycles. The van der Waals surface area contributed by atoms with Gasteiger partial charge in [-0.1, -0.05) is 39.0 Å². The van der Waals surface area contributed by atoms with E-state index in [4.69, 9.17) is 17.0 Å². The van der Waals surface area contributed by atoms with Crippen molar-refractivity contribution in [3.63, 3.8) is 0 Å². The summed E-state index contributed by atoms with van der Waals surface area (Å²) in [6.45, 7) is 12.8. The lowest BCUT2D eigenvalue weighted by molar-refractivity contribution is -0.908. The van der Waals surface area contributed by atoms with Crippen molar-refractivity contribution >= 4 is 23.0 Å². The van der Waals surface area contributed by atoms with Crippen LogP contribution in [0, 0.1) is 0 Å². The fraction of sp³-hybridized carbons (Fsp3) is 0.611. The molecule has 3 N–H and O–H groups in total. The van der Waals surface area contributed by atoms with E-state index in [0.717, 1.165) is 45.0 Å². The van der Waals surface area contributed by atoms with E-state index in [1.165, 1.54) is 12.1 Å². The molecule has 1 aliphatic heterocycles. The molecule has 0 spiro atoms. The van der Waals surface area contributed by atoms with Gasteiger partial charge in [0.25, 0.3) is 0 Å². The van der Waals surface area contributed by atoms with Crippen LogP contribution >= 0.6 is 12.2 Å². The zero-order valence-corrected chi connectivity index (χ0v) is 15.4. The average Bonchev–Trinajstić information content (AvgIpc) is 2.52. The fourth-order valence-electron chi connectivity index (χ4n) is 2.86. The van der Waals surface area contributed by atoms with Crippen LogP contribution in [0.25, 0.3) is 0 Å². The monoisotopic (exact) mass is 336 g/mol. The number of thiocarbonyl (C=S) groups is 1. The molecule has 128 valence electrons. The minimum Gasteiger partial charge on any atom is -0.370 e. The third-order valence-corrected chi connectivity index (χ3v) is 4.42. The Balaban J connectivity index is 1.74. The Bertz CT molecular complexity index is 507. The maximum Gasteiger partial charge on any atom is 0.170 e. The second kappa shape index (κ2) is 8.62. The highest BCUT2D eigenvalue weighted by molar-refractivity contribution is 7.80. The van der Waals surface area contributed by atoms with Gasteiger partial charge in [0.2, 0.25) is 0 Å². The molecule has 4 nitrogen and oxygen atoms in total. The van der Waals surface area contributed by atoms with E-state index in [9.17, 15) is 0 Å². The van der Waals surface area contributed by atoms with Crippen LogP contribution in [-0.2, 0) is 10.2 Å². The van der Waals surface area contributed by atoms with Crippen LogP contribution < -0.4 is 15.5 Å². The van der Waals surface area contributed by atoms with E-state index in [2.05, 4.69) is 49.6 Å². The lowest BCUT2D eigenvalue weighted by atomic mass is 9.86. The molecule has 0 radical (unpaired) electrons.